The van der Waals surface area contributed by atoms with E-state index in [4.69, 9.17) is 0 Å². The summed E-state index contributed by atoms with van der Waals surface area (Å²) in [6.07, 6.45) is 1.88. The normalized spacial score (nSPS) is 10.5. The first-order valence-corrected chi connectivity index (χ1v) is 7.00. The number of para-hydroxylation sites is 1. The smallest absolute Gasteiger partial charge is 0.219 e. The van der Waals surface area contributed by atoms with E-state index in [1.807, 2.05) is 49.2 Å². The zero-order valence-electron chi connectivity index (χ0n) is 13.1. The van der Waals surface area contributed by atoms with Gasteiger partial charge in [-0.15, -0.1) is 0 Å². The van der Waals surface area contributed by atoms with Crippen LogP contribution >= 0.6 is 0 Å². The highest BCUT2D eigenvalue weighted by Gasteiger charge is 2.08. The Labute approximate surface area is 125 Å². The van der Waals surface area contributed by atoms with E-state index >= 15 is 0 Å². The summed E-state index contributed by atoms with van der Waals surface area (Å²) in [6.45, 7) is 4.96. The maximum Gasteiger partial charge on any atom is 0.219 e. The number of aryl methyl sites for hydroxylation is 1. The molecule has 0 radical (unpaired) electrons. The first-order chi connectivity index (χ1) is 9.99. The molecule has 2 rings (SSSR count). The molecule has 1 aromatic heterocycles. The zero-order chi connectivity index (χ0) is 15.4. The van der Waals surface area contributed by atoms with Gasteiger partial charge in [-0.1, -0.05) is 18.2 Å². The first kappa shape index (κ1) is 15.1. The van der Waals surface area contributed by atoms with Crippen molar-refractivity contribution in [3.05, 3.63) is 47.3 Å². The molecule has 5 heteroatoms. The summed E-state index contributed by atoms with van der Waals surface area (Å²) in [5.41, 5.74) is 4.48. The summed E-state index contributed by atoms with van der Waals surface area (Å²) >= 11 is 0. The van der Waals surface area contributed by atoms with Gasteiger partial charge in [-0.25, -0.2) is 0 Å². The van der Waals surface area contributed by atoms with E-state index in [1.54, 1.807) is 11.8 Å². The van der Waals surface area contributed by atoms with Gasteiger partial charge >= 0.3 is 0 Å². The van der Waals surface area contributed by atoms with Gasteiger partial charge in [0.1, 0.15) is 0 Å². The number of rotatable bonds is 5. The molecule has 0 fully saturated rings. The van der Waals surface area contributed by atoms with Crippen molar-refractivity contribution in [3.8, 4) is 0 Å². The summed E-state index contributed by atoms with van der Waals surface area (Å²) < 4.78 is 1.87. The van der Waals surface area contributed by atoms with Gasteiger partial charge in [0.05, 0.1) is 6.20 Å². The predicted octanol–water partition coefficient (Wildman–Crippen LogP) is 2.32. The molecular formula is C16H22N4O. The van der Waals surface area contributed by atoms with E-state index in [-0.39, 0.29) is 5.91 Å². The number of hydrogen-bond acceptors (Lipinski definition) is 3. The van der Waals surface area contributed by atoms with Crippen LogP contribution in [0.3, 0.4) is 0 Å². The molecule has 5 nitrogen and oxygen atoms in total. The number of benzene rings is 1. The van der Waals surface area contributed by atoms with Gasteiger partial charge in [0, 0.05) is 51.1 Å². The van der Waals surface area contributed by atoms with Crippen LogP contribution in [0.5, 0.6) is 0 Å². The van der Waals surface area contributed by atoms with Crippen molar-refractivity contribution in [2.75, 3.05) is 12.4 Å². The molecule has 0 spiro atoms. The summed E-state index contributed by atoms with van der Waals surface area (Å²) in [5.74, 6) is 0.0629. The number of nitrogens with zero attached hydrogens (tertiary/aromatic N) is 3. The maximum absolute atomic E-state index is 11.4. The van der Waals surface area contributed by atoms with Crippen LogP contribution in [0.15, 0.2) is 30.5 Å². The topological polar surface area (TPSA) is 50.2 Å². The molecule has 0 aliphatic rings. The van der Waals surface area contributed by atoms with Gasteiger partial charge in [-0.05, 0) is 18.6 Å². The lowest BCUT2D eigenvalue weighted by Gasteiger charge is -2.18. The van der Waals surface area contributed by atoms with Crippen molar-refractivity contribution in [2.45, 2.75) is 26.9 Å². The number of amides is 1. The van der Waals surface area contributed by atoms with Gasteiger partial charge in [0.15, 0.2) is 0 Å². The number of hydrogen-bond donors (Lipinski definition) is 1. The Hall–Kier alpha value is -2.30. The minimum absolute atomic E-state index is 0.0629. The van der Waals surface area contributed by atoms with Crippen molar-refractivity contribution in [3.63, 3.8) is 0 Å². The molecule has 2 aromatic rings. The summed E-state index contributed by atoms with van der Waals surface area (Å²) in [7, 11) is 3.75. The van der Waals surface area contributed by atoms with Gasteiger partial charge < -0.3 is 10.2 Å². The van der Waals surface area contributed by atoms with E-state index in [0.717, 1.165) is 23.5 Å². The second-order valence-electron chi connectivity index (χ2n) is 5.26. The lowest BCUT2D eigenvalue weighted by Crippen LogP contribution is -2.23. The molecule has 1 N–H and O–H groups in total. The van der Waals surface area contributed by atoms with Crippen LogP contribution in [0.1, 0.15) is 23.7 Å². The van der Waals surface area contributed by atoms with Crippen LogP contribution in [0.4, 0.5) is 5.69 Å². The van der Waals surface area contributed by atoms with Gasteiger partial charge in [0.25, 0.3) is 0 Å². The van der Waals surface area contributed by atoms with Gasteiger partial charge in [0.2, 0.25) is 5.91 Å². The number of aromatic nitrogens is 2. The Morgan fingerprint density at radius 1 is 1.33 bits per heavy atom. The van der Waals surface area contributed by atoms with Crippen LogP contribution in [-0.2, 0) is 24.9 Å². The highest BCUT2D eigenvalue weighted by Crippen LogP contribution is 2.18. The average Bonchev–Trinajstić information content (AvgIpc) is 2.78. The monoisotopic (exact) mass is 286 g/mol. The van der Waals surface area contributed by atoms with Crippen LogP contribution < -0.4 is 5.32 Å². The van der Waals surface area contributed by atoms with E-state index in [1.165, 1.54) is 5.56 Å². The van der Waals surface area contributed by atoms with Gasteiger partial charge in [-0.3, -0.25) is 9.48 Å². The predicted molar refractivity (Wildman–Crippen MR) is 83.9 cm³/mol. The second kappa shape index (κ2) is 6.43. The minimum Gasteiger partial charge on any atom is -0.381 e. The molecule has 1 amide bonds. The minimum atomic E-state index is 0.0629. The van der Waals surface area contributed by atoms with Crippen LogP contribution in [0, 0.1) is 6.92 Å². The van der Waals surface area contributed by atoms with E-state index < -0.39 is 0 Å². The van der Waals surface area contributed by atoms with E-state index in [2.05, 4.69) is 17.3 Å². The Morgan fingerprint density at radius 3 is 2.67 bits per heavy atom. The highest BCUT2D eigenvalue weighted by molar-refractivity contribution is 5.73. The third-order valence-electron chi connectivity index (χ3n) is 3.77. The lowest BCUT2D eigenvalue weighted by atomic mass is 10.1. The average molecular weight is 286 g/mol. The molecule has 0 atom stereocenters. The first-order valence-electron chi connectivity index (χ1n) is 7.00. The zero-order valence-corrected chi connectivity index (χ0v) is 13.1. The molecule has 0 aliphatic heterocycles. The van der Waals surface area contributed by atoms with Crippen molar-refractivity contribution >= 4 is 11.6 Å². The van der Waals surface area contributed by atoms with E-state index in [9.17, 15) is 4.79 Å². The fourth-order valence-corrected chi connectivity index (χ4v) is 2.11. The van der Waals surface area contributed by atoms with Crippen molar-refractivity contribution in [2.24, 2.45) is 7.05 Å². The SMILES string of the molecule is CC(=O)N(C)Cc1ccccc1NCc1cnn(C)c1C. The lowest BCUT2D eigenvalue weighted by molar-refractivity contribution is -0.128. The third kappa shape index (κ3) is 3.62. The van der Waals surface area contributed by atoms with Crippen LogP contribution in [0.25, 0.3) is 0 Å². The van der Waals surface area contributed by atoms with Crippen molar-refractivity contribution < 1.29 is 4.79 Å². The maximum atomic E-state index is 11.4. The Morgan fingerprint density at radius 2 is 2.05 bits per heavy atom. The van der Waals surface area contributed by atoms with Crippen LogP contribution in [0.2, 0.25) is 0 Å². The molecule has 0 saturated heterocycles. The molecule has 112 valence electrons. The largest absolute Gasteiger partial charge is 0.381 e. The Bertz CT molecular complexity index is 633. The molecule has 0 aliphatic carbocycles. The van der Waals surface area contributed by atoms with E-state index in [0.29, 0.717) is 6.54 Å². The molecule has 0 unspecified atom stereocenters. The number of carbonyl (C=O) groups excluding carboxylic acids is 1. The summed E-state index contributed by atoms with van der Waals surface area (Å²) in [5, 5.41) is 7.68. The molecule has 1 aromatic carbocycles. The standard InChI is InChI=1S/C16H22N4O/c1-12-15(10-18-20(12)4)9-17-16-8-6-5-7-14(16)11-19(3)13(2)21/h5-8,10,17H,9,11H2,1-4H3. The fourth-order valence-electron chi connectivity index (χ4n) is 2.11. The molecular weight excluding hydrogens is 264 g/mol. The molecule has 1 heterocycles. The number of carbonyl (C=O) groups is 1. The Kier molecular flexibility index (Phi) is 4.62. The third-order valence-corrected chi connectivity index (χ3v) is 3.77. The summed E-state index contributed by atoms with van der Waals surface area (Å²) in [6, 6.07) is 8.06. The van der Waals surface area contributed by atoms with Gasteiger partial charge in [-0.2, -0.15) is 5.10 Å². The summed E-state index contributed by atoms with van der Waals surface area (Å²) in [4.78, 5) is 13.1. The fraction of sp³-hybridized carbons (Fsp3) is 0.375. The number of nitrogens with one attached hydrogen (secondary N) is 1. The Balaban J connectivity index is 2.09. The number of anilines is 1. The quantitative estimate of drug-likeness (QED) is 0.917. The highest BCUT2D eigenvalue weighted by atomic mass is 16.2. The van der Waals surface area contributed by atoms with Crippen molar-refractivity contribution in [1.82, 2.24) is 14.7 Å². The second-order valence-corrected chi connectivity index (χ2v) is 5.26. The van der Waals surface area contributed by atoms with Crippen LogP contribution in [-0.4, -0.2) is 27.6 Å². The van der Waals surface area contributed by atoms with Crippen molar-refractivity contribution in [1.29, 1.82) is 0 Å². The molecule has 0 bridgehead atoms. The molecule has 0 saturated carbocycles. The molecule has 21 heavy (non-hydrogen) atoms.